The Morgan fingerprint density at radius 3 is 2.58 bits per heavy atom. The lowest BCUT2D eigenvalue weighted by Gasteiger charge is -2.18. The second-order valence-electron chi connectivity index (χ2n) is 7.61. The van der Waals surface area contributed by atoms with Crippen molar-refractivity contribution in [3.05, 3.63) is 76.4 Å². The number of benzene rings is 2. The molecule has 7 nitrogen and oxygen atoms in total. The lowest BCUT2D eigenvalue weighted by Crippen LogP contribution is -2.29. The fourth-order valence-electron chi connectivity index (χ4n) is 3.78. The lowest BCUT2D eigenvalue weighted by atomic mass is 10.1. The predicted octanol–water partition coefficient (Wildman–Crippen LogP) is 3.40. The van der Waals surface area contributed by atoms with Gasteiger partial charge < -0.3 is 10.6 Å². The zero-order valence-electron chi connectivity index (χ0n) is 17.7. The quantitative estimate of drug-likeness (QED) is 0.663. The number of nitrogens with zero attached hydrogens (tertiary/aromatic N) is 3. The average molecular weight is 421 g/mol. The summed E-state index contributed by atoms with van der Waals surface area (Å²) < 4.78 is 15.0. The van der Waals surface area contributed by atoms with E-state index in [0.29, 0.717) is 25.2 Å². The highest BCUT2D eigenvalue weighted by Gasteiger charge is 2.23. The largest absolute Gasteiger partial charge is 0.348 e. The summed E-state index contributed by atoms with van der Waals surface area (Å²) in [5.41, 5.74) is 5.49. The van der Waals surface area contributed by atoms with Gasteiger partial charge in [-0.05, 0) is 62.7 Å². The van der Waals surface area contributed by atoms with Gasteiger partial charge in [-0.3, -0.25) is 9.69 Å². The second kappa shape index (κ2) is 8.22. The fraction of sp³-hybridized carbons (Fsp3) is 0.261. The minimum absolute atomic E-state index is 0.153. The van der Waals surface area contributed by atoms with E-state index in [9.17, 15) is 14.0 Å². The summed E-state index contributed by atoms with van der Waals surface area (Å²) in [5.74, 6) is -0.532. The van der Waals surface area contributed by atoms with E-state index in [1.165, 1.54) is 12.1 Å². The van der Waals surface area contributed by atoms with Gasteiger partial charge in [-0.25, -0.2) is 13.9 Å². The van der Waals surface area contributed by atoms with Gasteiger partial charge in [-0.1, -0.05) is 6.07 Å². The van der Waals surface area contributed by atoms with E-state index < -0.39 is 0 Å². The van der Waals surface area contributed by atoms with E-state index in [0.717, 1.165) is 33.9 Å². The Hall–Kier alpha value is -3.68. The van der Waals surface area contributed by atoms with Crippen LogP contribution in [0.25, 0.3) is 5.69 Å². The van der Waals surface area contributed by atoms with Crippen LogP contribution in [0.1, 0.15) is 32.9 Å². The molecule has 0 atom stereocenters. The summed E-state index contributed by atoms with van der Waals surface area (Å²) in [6.07, 6.45) is 0. The summed E-state index contributed by atoms with van der Waals surface area (Å²) in [4.78, 5) is 26.5. The van der Waals surface area contributed by atoms with Crippen molar-refractivity contribution in [1.82, 2.24) is 20.4 Å². The van der Waals surface area contributed by atoms with Gasteiger partial charge in [-0.15, -0.1) is 0 Å². The number of aromatic nitrogens is 2. The summed E-state index contributed by atoms with van der Waals surface area (Å²) in [5, 5.41) is 10.3. The van der Waals surface area contributed by atoms with E-state index >= 15 is 0 Å². The minimum atomic E-state index is -0.304. The van der Waals surface area contributed by atoms with E-state index in [-0.39, 0.29) is 17.8 Å². The molecule has 1 aliphatic heterocycles. The maximum absolute atomic E-state index is 13.2. The van der Waals surface area contributed by atoms with Crippen LogP contribution in [0.15, 0.2) is 42.5 Å². The van der Waals surface area contributed by atoms with Crippen LogP contribution < -0.4 is 15.5 Å². The van der Waals surface area contributed by atoms with Crippen LogP contribution >= 0.6 is 0 Å². The van der Waals surface area contributed by atoms with Gasteiger partial charge in [0.05, 0.1) is 11.4 Å². The van der Waals surface area contributed by atoms with E-state index in [1.807, 2.05) is 26.8 Å². The molecule has 0 spiro atoms. The highest BCUT2D eigenvalue weighted by atomic mass is 19.1. The van der Waals surface area contributed by atoms with Crippen LogP contribution in [0.4, 0.5) is 14.9 Å². The van der Waals surface area contributed by atoms with Crippen molar-refractivity contribution >= 4 is 17.6 Å². The van der Waals surface area contributed by atoms with Crippen LogP contribution in [0.2, 0.25) is 0 Å². The molecule has 1 aliphatic rings. The molecule has 4 rings (SSSR count). The van der Waals surface area contributed by atoms with Crippen LogP contribution in [0, 0.1) is 26.6 Å². The first-order chi connectivity index (χ1) is 14.8. The zero-order chi connectivity index (χ0) is 22.1. The normalized spacial score (nSPS) is 13.4. The number of hydrogen-bond acceptors (Lipinski definition) is 3. The number of carbonyl (C=O) groups is 2. The maximum Gasteiger partial charge on any atom is 0.322 e. The molecule has 0 radical (unpaired) electrons. The van der Waals surface area contributed by atoms with Gasteiger partial charge in [0.1, 0.15) is 5.82 Å². The third kappa shape index (κ3) is 4.01. The molecule has 31 heavy (non-hydrogen) atoms. The predicted molar refractivity (Wildman–Crippen MR) is 116 cm³/mol. The molecular weight excluding hydrogens is 397 g/mol. The van der Waals surface area contributed by atoms with Crippen molar-refractivity contribution in [3.63, 3.8) is 0 Å². The number of urea groups is 1. The number of carbonyl (C=O) groups excluding carboxylic acids is 2. The molecule has 0 aliphatic carbocycles. The Kier molecular flexibility index (Phi) is 5.46. The zero-order valence-corrected chi connectivity index (χ0v) is 17.7. The molecule has 2 heterocycles. The molecule has 0 bridgehead atoms. The molecule has 2 N–H and O–H groups in total. The first-order valence-corrected chi connectivity index (χ1v) is 10.1. The van der Waals surface area contributed by atoms with Crippen LogP contribution in [-0.2, 0) is 6.54 Å². The third-order valence-corrected chi connectivity index (χ3v) is 5.56. The van der Waals surface area contributed by atoms with E-state index in [2.05, 4.69) is 15.7 Å². The van der Waals surface area contributed by atoms with Crippen molar-refractivity contribution in [2.75, 3.05) is 18.0 Å². The number of aryl methyl sites for hydroxylation is 2. The first-order valence-electron chi connectivity index (χ1n) is 10.1. The summed E-state index contributed by atoms with van der Waals surface area (Å²) >= 11 is 0. The average Bonchev–Trinajstić information content (AvgIpc) is 3.30. The number of hydrogen-bond donors (Lipinski definition) is 2. The standard InChI is InChI=1S/C23H24FN5O2/c1-14-4-5-17(12-21(14)28-11-10-25-23(28)31)22(30)26-13-20-15(2)27-29(16(20)3)19-8-6-18(24)7-9-19/h4-9,12H,10-11,13H2,1-3H3,(H,25,31)(H,26,30). The van der Waals surface area contributed by atoms with Crippen molar-refractivity contribution < 1.29 is 14.0 Å². The van der Waals surface area contributed by atoms with Gasteiger partial charge in [0, 0.05) is 42.1 Å². The summed E-state index contributed by atoms with van der Waals surface area (Å²) in [6.45, 7) is 7.19. The number of rotatable bonds is 5. The molecule has 0 saturated carbocycles. The summed E-state index contributed by atoms with van der Waals surface area (Å²) in [7, 11) is 0. The molecule has 160 valence electrons. The SMILES string of the molecule is Cc1ccc(C(=O)NCc2c(C)nn(-c3ccc(F)cc3)c2C)cc1N1CCNC1=O. The number of halogens is 1. The molecule has 1 aromatic heterocycles. The summed E-state index contributed by atoms with van der Waals surface area (Å²) in [6, 6.07) is 11.3. The van der Waals surface area contributed by atoms with Gasteiger partial charge in [0.2, 0.25) is 0 Å². The fourth-order valence-corrected chi connectivity index (χ4v) is 3.78. The van der Waals surface area contributed by atoms with Crippen LogP contribution in [0.5, 0.6) is 0 Å². The monoisotopic (exact) mass is 421 g/mol. The molecule has 3 aromatic rings. The Labute approximate surface area is 179 Å². The van der Waals surface area contributed by atoms with Crippen molar-refractivity contribution in [1.29, 1.82) is 0 Å². The maximum atomic E-state index is 13.2. The van der Waals surface area contributed by atoms with E-state index in [4.69, 9.17) is 0 Å². The molecule has 1 fully saturated rings. The Morgan fingerprint density at radius 1 is 1.16 bits per heavy atom. The highest BCUT2D eigenvalue weighted by Crippen LogP contribution is 2.24. The molecule has 2 aromatic carbocycles. The number of nitrogens with one attached hydrogen (secondary N) is 2. The smallest absolute Gasteiger partial charge is 0.322 e. The number of anilines is 1. The van der Waals surface area contributed by atoms with E-state index in [1.54, 1.807) is 33.8 Å². The van der Waals surface area contributed by atoms with Gasteiger partial charge in [0.25, 0.3) is 5.91 Å². The molecule has 0 unspecified atom stereocenters. The number of amides is 3. The Morgan fingerprint density at radius 2 is 1.90 bits per heavy atom. The highest BCUT2D eigenvalue weighted by molar-refractivity contribution is 5.99. The van der Waals surface area contributed by atoms with Gasteiger partial charge >= 0.3 is 6.03 Å². The first kappa shape index (κ1) is 20.6. The van der Waals surface area contributed by atoms with Gasteiger partial charge in [-0.2, -0.15) is 5.10 Å². The Balaban J connectivity index is 1.52. The molecular formula is C23H24FN5O2. The van der Waals surface area contributed by atoms with Crippen LogP contribution in [0.3, 0.4) is 0 Å². The topological polar surface area (TPSA) is 79.3 Å². The molecule has 3 amide bonds. The Bertz CT molecular complexity index is 1150. The van der Waals surface area contributed by atoms with Crippen molar-refractivity contribution in [2.45, 2.75) is 27.3 Å². The molecule has 8 heteroatoms. The van der Waals surface area contributed by atoms with Crippen LogP contribution in [-0.4, -0.2) is 34.8 Å². The molecule has 1 saturated heterocycles. The van der Waals surface area contributed by atoms with Crippen molar-refractivity contribution in [3.8, 4) is 5.69 Å². The van der Waals surface area contributed by atoms with Gasteiger partial charge in [0.15, 0.2) is 0 Å². The van der Waals surface area contributed by atoms with Crippen molar-refractivity contribution in [2.24, 2.45) is 0 Å². The third-order valence-electron chi connectivity index (χ3n) is 5.56. The second-order valence-corrected chi connectivity index (χ2v) is 7.61. The minimum Gasteiger partial charge on any atom is -0.348 e. The lowest BCUT2D eigenvalue weighted by molar-refractivity contribution is 0.0951.